The fourth-order valence-corrected chi connectivity index (χ4v) is 2.31. The topological polar surface area (TPSA) is 9.23 Å². The van der Waals surface area contributed by atoms with Crippen molar-refractivity contribution in [3.8, 4) is 0 Å². The number of ether oxygens (including phenoxy) is 1. The van der Waals surface area contributed by atoms with E-state index in [-0.39, 0.29) is 0 Å². The van der Waals surface area contributed by atoms with Gasteiger partial charge in [0.25, 0.3) is 0 Å². The lowest BCUT2D eigenvalue weighted by molar-refractivity contribution is 0.185. The monoisotopic (exact) mass is 212 g/mol. The molecule has 1 fully saturated rings. The van der Waals surface area contributed by atoms with Crippen molar-refractivity contribution in [3.63, 3.8) is 0 Å². The first-order valence-electron chi connectivity index (χ1n) is 5.85. The van der Waals surface area contributed by atoms with Crippen LogP contribution in [0.2, 0.25) is 0 Å². The van der Waals surface area contributed by atoms with Crippen molar-refractivity contribution >= 4 is 5.57 Å². The summed E-state index contributed by atoms with van der Waals surface area (Å²) in [4.78, 5) is 0. The van der Waals surface area contributed by atoms with Crippen molar-refractivity contribution in [2.75, 3.05) is 7.11 Å². The van der Waals surface area contributed by atoms with Gasteiger partial charge in [0.15, 0.2) is 0 Å². The maximum absolute atomic E-state index is 5.11. The third kappa shape index (κ3) is 1.83. The predicted molar refractivity (Wildman–Crippen MR) is 65.9 cm³/mol. The number of fused-ring (bicyclic) bond motifs is 1. The quantitative estimate of drug-likeness (QED) is 0.746. The van der Waals surface area contributed by atoms with Crippen LogP contribution in [0.3, 0.4) is 0 Å². The smallest absolute Gasteiger partial charge is 0.0713 e. The standard InChI is InChI=1S/C15H16O/c1-16-10-11-2-4-12(5-3-11)13-6-7-14-9-15(14)8-13/h2-8,14-15H,9-10H2,1H3. The van der Waals surface area contributed by atoms with Crippen molar-refractivity contribution in [2.45, 2.75) is 13.0 Å². The zero-order chi connectivity index (χ0) is 11.0. The summed E-state index contributed by atoms with van der Waals surface area (Å²) in [6, 6.07) is 8.67. The Morgan fingerprint density at radius 2 is 2.00 bits per heavy atom. The highest BCUT2D eigenvalue weighted by Crippen LogP contribution is 2.45. The number of rotatable bonds is 3. The van der Waals surface area contributed by atoms with Crippen molar-refractivity contribution < 1.29 is 4.74 Å². The molecule has 0 radical (unpaired) electrons. The Morgan fingerprint density at radius 1 is 1.19 bits per heavy atom. The highest BCUT2D eigenvalue weighted by molar-refractivity contribution is 5.76. The van der Waals surface area contributed by atoms with Gasteiger partial charge in [-0.2, -0.15) is 0 Å². The van der Waals surface area contributed by atoms with Gasteiger partial charge in [0, 0.05) is 7.11 Å². The van der Waals surface area contributed by atoms with Crippen molar-refractivity contribution in [1.29, 1.82) is 0 Å². The molecule has 16 heavy (non-hydrogen) atoms. The second-order valence-electron chi connectivity index (χ2n) is 4.67. The van der Waals surface area contributed by atoms with Gasteiger partial charge in [0.05, 0.1) is 6.61 Å². The molecule has 1 heteroatoms. The van der Waals surface area contributed by atoms with E-state index in [1.807, 2.05) is 0 Å². The van der Waals surface area contributed by atoms with Gasteiger partial charge >= 0.3 is 0 Å². The highest BCUT2D eigenvalue weighted by atomic mass is 16.5. The van der Waals surface area contributed by atoms with Crippen molar-refractivity contribution in [3.05, 3.63) is 53.6 Å². The lowest BCUT2D eigenvalue weighted by Crippen LogP contribution is -1.90. The Hall–Kier alpha value is -1.34. The molecule has 0 bridgehead atoms. The van der Waals surface area contributed by atoms with Crippen LogP contribution in [0, 0.1) is 11.8 Å². The van der Waals surface area contributed by atoms with E-state index in [4.69, 9.17) is 4.74 Å². The summed E-state index contributed by atoms with van der Waals surface area (Å²) < 4.78 is 5.11. The molecule has 1 aromatic rings. The molecule has 0 spiro atoms. The first kappa shape index (κ1) is 9.86. The zero-order valence-electron chi connectivity index (χ0n) is 9.52. The minimum atomic E-state index is 0.694. The Kier molecular flexibility index (Phi) is 2.41. The lowest BCUT2D eigenvalue weighted by Gasteiger charge is -2.07. The molecule has 1 saturated carbocycles. The number of allylic oxidation sites excluding steroid dienone is 4. The molecule has 2 atom stereocenters. The highest BCUT2D eigenvalue weighted by Gasteiger charge is 2.34. The summed E-state index contributed by atoms with van der Waals surface area (Å²) in [7, 11) is 1.73. The number of hydrogen-bond acceptors (Lipinski definition) is 1. The molecule has 0 saturated heterocycles. The average molecular weight is 212 g/mol. The van der Waals surface area contributed by atoms with Crippen molar-refractivity contribution in [2.24, 2.45) is 11.8 Å². The maximum Gasteiger partial charge on any atom is 0.0713 e. The summed E-state index contributed by atoms with van der Waals surface area (Å²) in [6.45, 7) is 0.694. The first-order valence-corrected chi connectivity index (χ1v) is 5.85. The molecule has 0 aromatic heterocycles. The summed E-state index contributed by atoms with van der Waals surface area (Å²) in [5, 5.41) is 0. The fourth-order valence-electron chi connectivity index (χ4n) is 2.31. The molecular formula is C15H16O. The largest absolute Gasteiger partial charge is 0.380 e. The average Bonchev–Trinajstić information content (AvgIpc) is 3.08. The Labute approximate surface area is 96.4 Å². The molecule has 2 aliphatic rings. The van der Waals surface area contributed by atoms with Gasteiger partial charge in [-0.1, -0.05) is 42.5 Å². The van der Waals surface area contributed by atoms with Crippen LogP contribution < -0.4 is 0 Å². The summed E-state index contributed by atoms with van der Waals surface area (Å²) in [5.74, 6) is 1.66. The normalized spacial score (nSPS) is 26.2. The second-order valence-corrected chi connectivity index (χ2v) is 4.67. The van der Waals surface area contributed by atoms with Crippen LogP contribution in [0.5, 0.6) is 0 Å². The third-order valence-electron chi connectivity index (χ3n) is 3.41. The van der Waals surface area contributed by atoms with E-state index >= 15 is 0 Å². The maximum atomic E-state index is 5.11. The number of benzene rings is 1. The van der Waals surface area contributed by atoms with E-state index < -0.39 is 0 Å². The van der Waals surface area contributed by atoms with E-state index in [1.165, 1.54) is 23.1 Å². The summed E-state index contributed by atoms with van der Waals surface area (Å²) in [5.41, 5.74) is 3.93. The van der Waals surface area contributed by atoms with Gasteiger partial charge in [-0.15, -0.1) is 0 Å². The van der Waals surface area contributed by atoms with Crippen LogP contribution in [0.4, 0.5) is 0 Å². The van der Waals surface area contributed by atoms with Crippen LogP contribution >= 0.6 is 0 Å². The molecule has 0 amide bonds. The van der Waals surface area contributed by atoms with Gasteiger partial charge in [-0.3, -0.25) is 0 Å². The summed E-state index contributed by atoms with van der Waals surface area (Å²) in [6.07, 6.45) is 8.38. The minimum Gasteiger partial charge on any atom is -0.380 e. The Bertz CT molecular complexity index is 439. The fraction of sp³-hybridized carbons (Fsp3) is 0.333. The molecule has 2 unspecified atom stereocenters. The van der Waals surface area contributed by atoms with E-state index in [0.29, 0.717) is 6.61 Å². The van der Waals surface area contributed by atoms with E-state index in [9.17, 15) is 0 Å². The molecule has 1 nitrogen and oxygen atoms in total. The van der Waals surface area contributed by atoms with Gasteiger partial charge in [-0.05, 0) is 35.0 Å². The van der Waals surface area contributed by atoms with Crippen LogP contribution in [0.15, 0.2) is 42.5 Å². The molecule has 3 rings (SSSR count). The van der Waals surface area contributed by atoms with Gasteiger partial charge in [0.2, 0.25) is 0 Å². The van der Waals surface area contributed by atoms with E-state index in [1.54, 1.807) is 7.11 Å². The Morgan fingerprint density at radius 3 is 2.69 bits per heavy atom. The van der Waals surface area contributed by atoms with Crippen LogP contribution in [0.1, 0.15) is 17.5 Å². The zero-order valence-corrected chi connectivity index (χ0v) is 9.52. The van der Waals surface area contributed by atoms with E-state index in [2.05, 4.69) is 42.5 Å². The molecule has 0 N–H and O–H groups in total. The summed E-state index contributed by atoms with van der Waals surface area (Å²) >= 11 is 0. The minimum absolute atomic E-state index is 0.694. The number of hydrogen-bond donors (Lipinski definition) is 0. The molecule has 0 heterocycles. The van der Waals surface area contributed by atoms with Crippen LogP contribution in [0.25, 0.3) is 5.57 Å². The predicted octanol–water partition coefficient (Wildman–Crippen LogP) is 3.42. The molecule has 2 aliphatic carbocycles. The van der Waals surface area contributed by atoms with Gasteiger partial charge < -0.3 is 4.74 Å². The molecule has 1 aromatic carbocycles. The molecule has 82 valence electrons. The van der Waals surface area contributed by atoms with Gasteiger partial charge in [-0.25, -0.2) is 0 Å². The second kappa shape index (κ2) is 3.91. The van der Waals surface area contributed by atoms with Gasteiger partial charge in [0.1, 0.15) is 0 Å². The van der Waals surface area contributed by atoms with Crippen LogP contribution in [-0.2, 0) is 11.3 Å². The molecular weight excluding hydrogens is 196 g/mol. The SMILES string of the molecule is COCc1ccc(C2=CC3CC3C=C2)cc1. The number of methoxy groups -OCH3 is 1. The first-order chi connectivity index (χ1) is 7.86. The molecule has 0 aliphatic heterocycles. The lowest BCUT2D eigenvalue weighted by atomic mass is 9.99. The Balaban J connectivity index is 1.81. The van der Waals surface area contributed by atoms with Crippen LogP contribution in [-0.4, -0.2) is 7.11 Å². The third-order valence-corrected chi connectivity index (χ3v) is 3.41. The van der Waals surface area contributed by atoms with E-state index in [0.717, 1.165) is 11.8 Å². The van der Waals surface area contributed by atoms with Crippen molar-refractivity contribution in [1.82, 2.24) is 0 Å².